The first-order valence-corrected chi connectivity index (χ1v) is 8.16. The molecule has 126 valence electrons. The van der Waals surface area contributed by atoms with Gasteiger partial charge < -0.3 is 15.2 Å². The minimum atomic E-state index is -0.211. The van der Waals surface area contributed by atoms with Crippen LogP contribution in [0.2, 0.25) is 0 Å². The molecule has 0 unspecified atom stereocenters. The van der Waals surface area contributed by atoms with Gasteiger partial charge in [0, 0.05) is 24.2 Å². The Balaban J connectivity index is 1.56. The van der Waals surface area contributed by atoms with Gasteiger partial charge in [-0.3, -0.25) is 14.7 Å². The number of rotatable bonds is 5. The van der Waals surface area contributed by atoms with Crippen molar-refractivity contribution in [3.8, 4) is 0 Å². The summed E-state index contributed by atoms with van der Waals surface area (Å²) in [5.74, 6) is 1.07. The Morgan fingerprint density at radius 2 is 2.04 bits per heavy atom. The lowest BCUT2D eigenvalue weighted by Gasteiger charge is -2.07. The van der Waals surface area contributed by atoms with Gasteiger partial charge in [0.1, 0.15) is 0 Å². The van der Waals surface area contributed by atoms with Gasteiger partial charge >= 0.3 is 0 Å². The monoisotopic (exact) mass is 345 g/mol. The number of carbonyl (C=O) groups is 2. The van der Waals surface area contributed by atoms with Crippen molar-refractivity contribution in [2.75, 3.05) is 5.32 Å². The Morgan fingerprint density at radius 3 is 2.58 bits per heavy atom. The predicted molar refractivity (Wildman–Crippen MR) is 91.9 cm³/mol. The molecule has 0 aliphatic heterocycles. The van der Waals surface area contributed by atoms with Crippen molar-refractivity contribution in [1.82, 2.24) is 20.1 Å². The van der Waals surface area contributed by atoms with Crippen LogP contribution in [0.25, 0.3) is 0 Å². The summed E-state index contributed by atoms with van der Waals surface area (Å²) >= 11 is 5.02. The van der Waals surface area contributed by atoms with Crippen molar-refractivity contribution in [1.29, 1.82) is 0 Å². The lowest BCUT2D eigenvalue weighted by molar-refractivity contribution is -0.117. The fourth-order valence-corrected chi connectivity index (χ4v) is 2.58. The number of hydrogen-bond acceptors (Lipinski definition) is 4. The van der Waals surface area contributed by atoms with Gasteiger partial charge in [0.2, 0.25) is 5.91 Å². The molecule has 2 aromatic rings. The minimum absolute atomic E-state index is 0.0467. The second-order valence-electron chi connectivity index (χ2n) is 6.07. The van der Waals surface area contributed by atoms with E-state index in [0.29, 0.717) is 27.8 Å². The molecule has 3 N–H and O–H groups in total. The molecule has 8 heteroatoms. The van der Waals surface area contributed by atoms with E-state index in [2.05, 4.69) is 27.8 Å². The zero-order chi connectivity index (χ0) is 17.3. The summed E-state index contributed by atoms with van der Waals surface area (Å²) in [5, 5.41) is 12.4. The van der Waals surface area contributed by atoms with Gasteiger partial charge in [-0.2, -0.15) is 5.10 Å². The van der Waals surface area contributed by atoms with Gasteiger partial charge in [0.15, 0.2) is 10.6 Å². The normalized spacial score (nSPS) is 18.9. The van der Waals surface area contributed by atoms with Crippen LogP contribution in [0, 0.1) is 16.6 Å². The number of nitrogens with one attached hydrogen (secondary N) is 3. The van der Waals surface area contributed by atoms with Crippen molar-refractivity contribution in [3.63, 3.8) is 0 Å². The highest BCUT2D eigenvalue weighted by Gasteiger charge is 2.39. The van der Waals surface area contributed by atoms with Crippen LogP contribution < -0.4 is 10.6 Å². The van der Waals surface area contributed by atoms with Crippen molar-refractivity contribution in [3.05, 3.63) is 40.4 Å². The number of carbonyl (C=O) groups excluding carboxylic acids is 2. The van der Waals surface area contributed by atoms with E-state index in [1.54, 1.807) is 35.9 Å². The molecular weight excluding hydrogens is 326 g/mol. The molecular formula is C16H19N5O2S. The summed E-state index contributed by atoms with van der Waals surface area (Å²) in [6.45, 7) is 2.34. The number of aromatic nitrogens is 3. The fourth-order valence-electron chi connectivity index (χ4n) is 2.43. The molecule has 24 heavy (non-hydrogen) atoms. The number of H-pyrrole nitrogens is 1. The molecule has 1 saturated carbocycles. The maximum absolute atomic E-state index is 12.2. The van der Waals surface area contributed by atoms with Crippen LogP contribution >= 0.6 is 12.2 Å². The number of amides is 2. The highest BCUT2D eigenvalue weighted by Crippen LogP contribution is 2.38. The number of nitrogens with zero attached hydrogens (tertiary/aromatic N) is 2. The highest BCUT2D eigenvalue weighted by molar-refractivity contribution is 7.71. The second kappa shape index (κ2) is 6.56. The molecule has 1 aromatic carbocycles. The molecule has 2 atom stereocenters. The van der Waals surface area contributed by atoms with Crippen molar-refractivity contribution >= 4 is 29.7 Å². The molecule has 2 amide bonds. The summed E-state index contributed by atoms with van der Waals surface area (Å²) in [6.07, 6.45) is 0.947. The summed E-state index contributed by atoms with van der Waals surface area (Å²) in [4.78, 5) is 24.0. The molecule has 1 aliphatic rings. The quantitative estimate of drug-likeness (QED) is 0.723. The van der Waals surface area contributed by atoms with E-state index >= 15 is 0 Å². The van der Waals surface area contributed by atoms with Gasteiger partial charge in [-0.1, -0.05) is 6.92 Å². The van der Waals surface area contributed by atoms with E-state index in [0.717, 1.165) is 6.42 Å². The number of hydrogen-bond donors (Lipinski definition) is 3. The van der Waals surface area contributed by atoms with Crippen LogP contribution in [0.15, 0.2) is 24.3 Å². The highest BCUT2D eigenvalue weighted by atomic mass is 32.1. The number of aromatic amines is 1. The molecule has 0 spiro atoms. The fraction of sp³-hybridized carbons (Fsp3) is 0.375. The zero-order valence-electron chi connectivity index (χ0n) is 13.5. The van der Waals surface area contributed by atoms with Gasteiger partial charge in [-0.25, -0.2) is 0 Å². The SMILES string of the molecule is C[C@@H]1C[C@@H]1C(=O)Nc1ccc(C(=O)NCc2n[nH]c(=S)n2C)cc1. The molecule has 0 radical (unpaired) electrons. The maximum Gasteiger partial charge on any atom is 0.251 e. The molecule has 1 heterocycles. The third-order valence-corrected chi connectivity index (χ3v) is 4.61. The molecule has 0 saturated heterocycles. The molecule has 7 nitrogen and oxygen atoms in total. The van der Waals surface area contributed by atoms with Crippen LogP contribution in [0.4, 0.5) is 5.69 Å². The van der Waals surface area contributed by atoms with Gasteiger partial charge in [0.05, 0.1) is 6.54 Å². The van der Waals surface area contributed by atoms with E-state index in [1.807, 2.05) is 0 Å². The summed E-state index contributed by atoms with van der Waals surface area (Å²) < 4.78 is 2.21. The first-order valence-electron chi connectivity index (χ1n) is 7.75. The topological polar surface area (TPSA) is 91.8 Å². The molecule has 1 aliphatic carbocycles. The largest absolute Gasteiger partial charge is 0.345 e. The van der Waals surface area contributed by atoms with Crippen LogP contribution in [-0.4, -0.2) is 26.6 Å². The molecule has 1 fully saturated rings. The Bertz CT molecular complexity index is 824. The standard InChI is InChI=1S/C16H19N5O2S/c1-9-7-12(9)15(23)18-11-5-3-10(4-6-11)14(22)17-8-13-19-20-16(24)21(13)2/h3-6,9,12H,7-8H2,1-2H3,(H,17,22)(H,18,23)(H,20,24)/t9-,12+/m1/s1. The summed E-state index contributed by atoms with van der Waals surface area (Å²) in [7, 11) is 1.78. The Kier molecular flexibility index (Phi) is 4.48. The second-order valence-corrected chi connectivity index (χ2v) is 6.46. The van der Waals surface area contributed by atoms with Crippen LogP contribution in [-0.2, 0) is 18.4 Å². The van der Waals surface area contributed by atoms with E-state index in [-0.39, 0.29) is 24.3 Å². The first-order chi connectivity index (χ1) is 11.5. The van der Waals surface area contributed by atoms with Crippen LogP contribution in [0.3, 0.4) is 0 Å². The third kappa shape index (κ3) is 3.53. The molecule has 1 aromatic heterocycles. The van der Waals surface area contributed by atoms with Gasteiger partial charge in [0.25, 0.3) is 5.91 Å². The Hall–Kier alpha value is -2.48. The average molecular weight is 345 g/mol. The minimum Gasteiger partial charge on any atom is -0.345 e. The lowest BCUT2D eigenvalue weighted by Crippen LogP contribution is -2.24. The van der Waals surface area contributed by atoms with Crippen molar-refractivity contribution in [2.24, 2.45) is 18.9 Å². The average Bonchev–Trinajstić information content (AvgIpc) is 3.23. The first kappa shape index (κ1) is 16.4. The maximum atomic E-state index is 12.2. The van der Waals surface area contributed by atoms with Crippen molar-refractivity contribution < 1.29 is 9.59 Å². The van der Waals surface area contributed by atoms with Gasteiger partial charge in [-0.05, 0) is 48.8 Å². The van der Waals surface area contributed by atoms with Crippen LogP contribution in [0.5, 0.6) is 0 Å². The van der Waals surface area contributed by atoms with E-state index < -0.39 is 0 Å². The Morgan fingerprint density at radius 1 is 1.38 bits per heavy atom. The van der Waals surface area contributed by atoms with E-state index in [9.17, 15) is 9.59 Å². The number of benzene rings is 1. The Labute approximate surface area is 144 Å². The van der Waals surface area contributed by atoms with Crippen molar-refractivity contribution in [2.45, 2.75) is 19.9 Å². The molecule has 0 bridgehead atoms. The summed E-state index contributed by atoms with van der Waals surface area (Å²) in [6, 6.07) is 6.83. The van der Waals surface area contributed by atoms with E-state index in [4.69, 9.17) is 12.2 Å². The predicted octanol–water partition coefficient (Wildman–Crippen LogP) is 2.00. The molecule has 3 rings (SSSR count). The number of anilines is 1. The lowest BCUT2D eigenvalue weighted by atomic mass is 10.2. The zero-order valence-corrected chi connectivity index (χ0v) is 14.3. The smallest absolute Gasteiger partial charge is 0.251 e. The summed E-state index contributed by atoms with van der Waals surface area (Å²) in [5.41, 5.74) is 1.22. The van der Waals surface area contributed by atoms with E-state index in [1.165, 1.54) is 0 Å². The van der Waals surface area contributed by atoms with Gasteiger partial charge in [-0.15, -0.1) is 0 Å². The third-order valence-electron chi connectivity index (χ3n) is 4.24. The van der Waals surface area contributed by atoms with Crippen LogP contribution in [0.1, 0.15) is 29.5 Å².